The summed E-state index contributed by atoms with van der Waals surface area (Å²) in [4.78, 5) is 33.9. The monoisotopic (exact) mass is 456 g/mol. The van der Waals surface area contributed by atoms with Gasteiger partial charge in [-0.25, -0.2) is 15.0 Å². The lowest BCUT2D eigenvalue weighted by Crippen LogP contribution is -2.40. The predicted octanol–water partition coefficient (Wildman–Crippen LogP) is 3.58. The van der Waals surface area contributed by atoms with Crippen LogP contribution in [0.4, 0.5) is 5.82 Å². The van der Waals surface area contributed by atoms with Crippen molar-refractivity contribution in [3.63, 3.8) is 0 Å². The zero-order valence-corrected chi connectivity index (χ0v) is 19.1. The molecule has 1 amide bonds. The summed E-state index contributed by atoms with van der Waals surface area (Å²) in [6.45, 7) is 3.51. The fourth-order valence-corrected chi connectivity index (χ4v) is 5.41. The summed E-state index contributed by atoms with van der Waals surface area (Å²) >= 11 is 0. The first kappa shape index (κ1) is 21.0. The van der Waals surface area contributed by atoms with E-state index in [4.69, 9.17) is 4.74 Å². The molecule has 8 heteroatoms. The third-order valence-electron chi connectivity index (χ3n) is 7.14. The number of rotatable bonds is 5. The van der Waals surface area contributed by atoms with Crippen LogP contribution in [0.25, 0.3) is 21.9 Å². The molecule has 0 bridgehead atoms. The Morgan fingerprint density at radius 2 is 1.88 bits per heavy atom. The maximum atomic E-state index is 13.2. The van der Waals surface area contributed by atoms with E-state index < -0.39 is 0 Å². The number of ether oxygens (including phenoxy) is 1. The van der Waals surface area contributed by atoms with Gasteiger partial charge in [-0.15, -0.1) is 0 Å². The zero-order valence-electron chi connectivity index (χ0n) is 19.1. The number of carbonyl (C=O) groups excluding carboxylic acids is 1. The van der Waals surface area contributed by atoms with Crippen molar-refractivity contribution in [3.05, 3.63) is 60.2 Å². The molecule has 6 rings (SSSR count). The molecule has 1 atom stereocenters. The molecule has 0 radical (unpaired) electrons. The highest BCUT2D eigenvalue weighted by Crippen LogP contribution is 2.32. The smallest absolute Gasteiger partial charge is 0.254 e. The van der Waals surface area contributed by atoms with Gasteiger partial charge in [-0.1, -0.05) is 30.3 Å². The Morgan fingerprint density at radius 3 is 2.76 bits per heavy atom. The molecule has 2 aliphatic heterocycles. The van der Waals surface area contributed by atoms with Crippen molar-refractivity contribution in [1.82, 2.24) is 24.8 Å². The third kappa shape index (κ3) is 3.77. The summed E-state index contributed by atoms with van der Waals surface area (Å²) in [5.41, 5.74) is 3.69. The predicted molar refractivity (Wildman–Crippen MR) is 131 cm³/mol. The molecule has 0 spiro atoms. The van der Waals surface area contributed by atoms with Crippen LogP contribution in [-0.2, 0) is 11.2 Å². The van der Waals surface area contributed by atoms with E-state index in [1.54, 1.807) is 12.7 Å². The van der Waals surface area contributed by atoms with E-state index in [-0.39, 0.29) is 5.91 Å². The SMILES string of the molecule is O=C(c1ccc(CC[C@@H]2CCCN2c2ncnc3nc[nH]c23)c2ccccc12)N1CCOCC1. The van der Waals surface area contributed by atoms with Gasteiger partial charge in [-0.3, -0.25) is 4.79 Å². The minimum absolute atomic E-state index is 0.0975. The number of aryl methyl sites for hydroxylation is 1. The van der Waals surface area contributed by atoms with Crippen molar-refractivity contribution in [2.24, 2.45) is 0 Å². The molecule has 2 aromatic carbocycles. The average Bonchev–Trinajstić information content (AvgIpc) is 3.57. The van der Waals surface area contributed by atoms with E-state index >= 15 is 0 Å². The number of morpholine rings is 1. The largest absolute Gasteiger partial charge is 0.378 e. The minimum atomic E-state index is 0.0975. The number of aromatic nitrogens is 4. The number of hydrogen-bond donors (Lipinski definition) is 1. The molecule has 2 aliphatic rings. The van der Waals surface area contributed by atoms with E-state index in [9.17, 15) is 4.79 Å². The Bertz CT molecular complexity index is 1330. The van der Waals surface area contributed by atoms with Crippen LogP contribution in [0.1, 0.15) is 35.2 Å². The maximum absolute atomic E-state index is 13.2. The average molecular weight is 457 g/mol. The second-order valence-corrected chi connectivity index (χ2v) is 9.05. The quantitative estimate of drug-likeness (QED) is 0.494. The number of fused-ring (bicyclic) bond motifs is 2. The number of hydrogen-bond acceptors (Lipinski definition) is 6. The normalized spacial score (nSPS) is 18.8. The Balaban J connectivity index is 1.25. The summed E-state index contributed by atoms with van der Waals surface area (Å²) in [6.07, 6.45) is 7.56. The van der Waals surface area contributed by atoms with Crippen molar-refractivity contribution in [3.8, 4) is 0 Å². The van der Waals surface area contributed by atoms with Crippen molar-refractivity contribution in [2.75, 3.05) is 37.7 Å². The minimum Gasteiger partial charge on any atom is -0.378 e. The fraction of sp³-hybridized carbons (Fsp3) is 0.385. The topological polar surface area (TPSA) is 87.2 Å². The summed E-state index contributed by atoms with van der Waals surface area (Å²) in [5, 5.41) is 2.21. The molecular formula is C26H28N6O2. The zero-order chi connectivity index (χ0) is 22.9. The molecule has 2 saturated heterocycles. The van der Waals surface area contributed by atoms with Gasteiger partial charge in [-0.05, 0) is 48.1 Å². The lowest BCUT2D eigenvalue weighted by atomic mass is 9.94. The number of nitrogens with one attached hydrogen (secondary N) is 1. The first-order valence-corrected chi connectivity index (χ1v) is 12.1. The van der Waals surface area contributed by atoms with Gasteiger partial charge in [0.05, 0.1) is 19.5 Å². The van der Waals surface area contributed by atoms with Gasteiger partial charge in [-0.2, -0.15) is 0 Å². The van der Waals surface area contributed by atoms with Crippen LogP contribution in [0.3, 0.4) is 0 Å². The molecule has 174 valence electrons. The Morgan fingerprint density at radius 1 is 1.03 bits per heavy atom. The van der Waals surface area contributed by atoms with Crippen LogP contribution in [0.2, 0.25) is 0 Å². The highest BCUT2D eigenvalue weighted by molar-refractivity contribution is 6.07. The number of aromatic amines is 1. The van der Waals surface area contributed by atoms with Gasteiger partial charge in [0.1, 0.15) is 11.8 Å². The molecule has 2 fully saturated rings. The van der Waals surface area contributed by atoms with Crippen LogP contribution in [0, 0.1) is 0 Å². The molecular weight excluding hydrogens is 428 g/mol. The first-order chi connectivity index (χ1) is 16.8. The van der Waals surface area contributed by atoms with Gasteiger partial charge < -0.3 is 19.5 Å². The highest BCUT2D eigenvalue weighted by atomic mass is 16.5. The number of H-pyrrole nitrogens is 1. The van der Waals surface area contributed by atoms with E-state index in [0.717, 1.165) is 54.5 Å². The van der Waals surface area contributed by atoms with Crippen molar-refractivity contribution < 1.29 is 9.53 Å². The number of nitrogens with zero attached hydrogens (tertiary/aromatic N) is 5. The second kappa shape index (κ2) is 9.02. The van der Waals surface area contributed by atoms with Crippen LogP contribution in [-0.4, -0.2) is 69.6 Å². The van der Waals surface area contributed by atoms with E-state index in [2.05, 4.69) is 49.1 Å². The standard InChI is InChI=1S/C26H28N6O2/c33-26(31-12-14-34-15-13-31)22-10-8-18(20-5-1-2-6-21(20)22)7-9-19-4-3-11-32(19)25-23-24(28-16-27-23)29-17-30-25/h1-2,5-6,8,10,16-17,19H,3-4,7,9,11-15H2,(H,27,28,29,30)/t19-/m0/s1. The number of amides is 1. The molecule has 0 saturated carbocycles. The van der Waals surface area contributed by atoms with Gasteiger partial charge in [0.25, 0.3) is 5.91 Å². The fourth-order valence-electron chi connectivity index (χ4n) is 5.41. The van der Waals surface area contributed by atoms with Gasteiger partial charge >= 0.3 is 0 Å². The molecule has 1 N–H and O–H groups in total. The molecule has 8 nitrogen and oxygen atoms in total. The molecule has 0 aliphatic carbocycles. The summed E-state index contributed by atoms with van der Waals surface area (Å²) in [7, 11) is 0. The summed E-state index contributed by atoms with van der Waals surface area (Å²) < 4.78 is 5.42. The van der Waals surface area contributed by atoms with Crippen LogP contribution < -0.4 is 4.90 Å². The van der Waals surface area contributed by atoms with Crippen molar-refractivity contribution >= 4 is 33.7 Å². The van der Waals surface area contributed by atoms with E-state index in [1.165, 1.54) is 10.9 Å². The number of anilines is 1. The van der Waals surface area contributed by atoms with E-state index in [1.807, 2.05) is 17.0 Å². The van der Waals surface area contributed by atoms with Crippen molar-refractivity contribution in [1.29, 1.82) is 0 Å². The molecule has 4 aromatic rings. The van der Waals surface area contributed by atoms with Crippen LogP contribution in [0.15, 0.2) is 49.1 Å². The highest BCUT2D eigenvalue weighted by Gasteiger charge is 2.28. The Kier molecular flexibility index (Phi) is 5.58. The van der Waals surface area contributed by atoms with Gasteiger partial charge in [0.15, 0.2) is 11.5 Å². The molecule has 34 heavy (non-hydrogen) atoms. The number of imidazole rings is 1. The Labute approximate surface area is 198 Å². The van der Waals surface area contributed by atoms with E-state index in [0.29, 0.717) is 38.0 Å². The van der Waals surface area contributed by atoms with Gasteiger partial charge in [0.2, 0.25) is 0 Å². The Hall–Kier alpha value is -3.52. The number of carbonyl (C=O) groups is 1. The summed E-state index contributed by atoms with van der Waals surface area (Å²) in [6, 6.07) is 12.9. The molecule has 4 heterocycles. The molecule has 2 aromatic heterocycles. The molecule has 0 unspecified atom stereocenters. The lowest BCUT2D eigenvalue weighted by Gasteiger charge is -2.28. The third-order valence-corrected chi connectivity index (χ3v) is 7.14. The summed E-state index contributed by atoms with van der Waals surface area (Å²) in [5.74, 6) is 1.04. The lowest BCUT2D eigenvalue weighted by molar-refractivity contribution is 0.0304. The first-order valence-electron chi connectivity index (χ1n) is 12.1. The maximum Gasteiger partial charge on any atom is 0.254 e. The van der Waals surface area contributed by atoms with Crippen molar-refractivity contribution in [2.45, 2.75) is 31.7 Å². The van der Waals surface area contributed by atoms with Crippen LogP contribution in [0.5, 0.6) is 0 Å². The number of benzene rings is 2. The second-order valence-electron chi connectivity index (χ2n) is 9.05. The van der Waals surface area contributed by atoms with Gasteiger partial charge in [0, 0.05) is 31.2 Å². The van der Waals surface area contributed by atoms with Crippen LogP contribution >= 0.6 is 0 Å².